The molecule has 0 bridgehead atoms. The summed E-state index contributed by atoms with van der Waals surface area (Å²) in [5.41, 5.74) is -0.655. The number of hydrogen-bond acceptors (Lipinski definition) is 5. The van der Waals surface area contributed by atoms with Gasteiger partial charge in [0.05, 0.1) is 26.4 Å². The van der Waals surface area contributed by atoms with Crippen LogP contribution in [0.3, 0.4) is 0 Å². The Morgan fingerprint density at radius 2 is 1.85 bits per heavy atom. The molecule has 0 aromatic heterocycles. The van der Waals surface area contributed by atoms with Crippen molar-refractivity contribution in [1.29, 1.82) is 0 Å². The molecule has 0 spiro atoms. The molecule has 0 radical (unpaired) electrons. The standard InChI is InChI=1S/C11H22O4.C3H4O2/c1-4-11(6-13)7-14-9(15-8-11)10(2,3)5-12;1-2-3(4)5/h9,12-13H,4-8H2,1-3H3;2H,1H2,(H,4,5). The summed E-state index contributed by atoms with van der Waals surface area (Å²) in [6, 6.07) is 0. The summed E-state index contributed by atoms with van der Waals surface area (Å²) in [7, 11) is 0. The van der Waals surface area contributed by atoms with E-state index in [0.717, 1.165) is 12.5 Å². The molecule has 6 nitrogen and oxygen atoms in total. The van der Waals surface area contributed by atoms with E-state index in [0.29, 0.717) is 13.2 Å². The molecule has 1 rings (SSSR count). The number of carboxylic acids is 1. The summed E-state index contributed by atoms with van der Waals surface area (Å²) in [6.07, 6.45) is 1.28. The molecular weight excluding hydrogens is 264 g/mol. The minimum absolute atomic E-state index is 0.0237. The Labute approximate surface area is 120 Å². The van der Waals surface area contributed by atoms with Crippen molar-refractivity contribution in [3.63, 3.8) is 0 Å². The van der Waals surface area contributed by atoms with E-state index < -0.39 is 11.4 Å². The van der Waals surface area contributed by atoms with E-state index in [-0.39, 0.29) is 24.9 Å². The van der Waals surface area contributed by atoms with E-state index in [2.05, 4.69) is 6.58 Å². The third kappa shape index (κ3) is 5.58. The third-order valence-electron chi connectivity index (χ3n) is 3.39. The Morgan fingerprint density at radius 3 is 2.10 bits per heavy atom. The van der Waals surface area contributed by atoms with Crippen LogP contribution < -0.4 is 0 Å². The quantitative estimate of drug-likeness (QED) is 0.654. The van der Waals surface area contributed by atoms with Crippen LogP contribution in [0.1, 0.15) is 27.2 Å². The summed E-state index contributed by atoms with van der Waals surface area (Å²) in [5, 5.41) is 26.1. The van der Waals surface area contributed by atoms with Crippen LogP contribution in [0.25, 0.3) is 0 Å². The zero-order valence-corrected chi connectivity index (χ0v) is 12.5. The number of aliphatic hydroxyl groups excluding tert-OH is 2. The highest BCUT2D eigenvalue weighted by Gasteiger charge is 2.40. The molecule has 0 amide bonds. The second-order valence-electron chi connectivity index (χ2n) is 5.65. The Hall–Kier alpha value is -0.950. The molecule has 1 saturated heterocycles. The second-order valence-corrected chi connectivity index (χ2v) is 5.65. The first-order chi connectivity index (χ1) is 9.26. The molecule has 0 aromatic carbocycles. The third-order valence-corrected chi connectivity index (χ3v) is 3.39. The highest BCUT2D eigenvalue weighted by atomic mass is 16.7. The molecule has 6 heteroatoms. The van der Waals surface area contributed by atoms with E-state index in [1.807, 2.05) is 20.8 Å². The van der Waals surface area contributed by atoms with Gasteiger partial charge in [0.2, 0.25) is 0 Å². The number of rotatable bonds is 5. The number of hydrogen-bond donors (Lipinski definition) is 3. The maximum Gasteiger partial charge on any atom is 0.327 e. The van der Waals surface area contributed by atoms with Crippen LogP contribution in [0.4, 0.5) is 0 Å². The fourth-order valence-electron chi connectivity index (χ4n) is 1.53. The average Bonchev–Trinajstić information content (AvgIpc) is 2.47. The molecule has 1 fully saturated rings. The van der Waals surface area contributed by atoms with Gasteiger partial charge in [-0.15, -0.1) is 0 Å². The van der Waals surface area contributed by atoms with Crippen LogP contribution in [-0.2, 0) is 14.3 Å². The summed E-state index contributed by atoms with van der Waals surface area (Å²) < 4.78 is 11.2. The van der Waals surface area contributed by atoms with Gasteiger partial charge in [0.15, 0.2) is 6.29 Å². The van der Waals surface area contributed by atoms with Gasteiger partial charge in [-0.25, -0.2) is 4.79 Å². The fraction of sp³-hybridized carbons (Fsp3) is 0.786. The van der Waals surface area contributed by atoms with E-state index in [9.17, 15) is 15.0 Å². The van der Waals surface area contributed by atoms with Gasteiger partial charge in [-0.3, -0.25) is 0 Å². The van der Waals surface area contributed by atoms with E-state index in [1.54, 1.807) is 0 Å². The first-order valence-corrected chi connectivity index (χ1v) is 6.57. The van der Waals surface area contributed by atoms with Crippen molar-refractivity contribution in [3.05, 3.63) is 12.7 Å². The van der Waals surface area contributed by atoms with Crippen molar-refractivity contribution in [2.24, 2.45) is 10.8 Å². The lowest BCUT2D eigenvalue weighted by Gasteiger charge is -2.43. The SMILES string of the molecule is C=CC(=O)O.CCC1(CO)COC(C(C)(C)CO)OC1. The molecule has 0 saturated carbocycles. The van der Waals surface area contributed by atoms with Crippen molar-refractivity contribution in [3.8, 4) is 0 Å². The second kappa shape index (κ2) is 8.36. The van der Waals surface area contributed by atoms with Gasteiger partial charge in [-0.1, -0.05) is 27.4 Å². The first kappa shape index (κ1) is 19.1. The minimum Gasteiger partial charge on any atom is -0.478 e. The van der Waals surface area contributed by atoms with Crippen molar-refractivity contribution >= 4 is 5.97 Å². The molecule has 0 aliphatic carbocycles. The lowest BCUT2D eigenvalue weighted by molar-refractivity contribution is -0.279. The molecule has 20 heavy (non-hydrogen) atoms. The summed E-state index contributed by atoms with van der Waals surface area (Å²) in [5.74, 6) is -0.981. The molecule has 118 valence electrons. The Kier molecular flexibility index (Phi) is 7.96. The van der Waals surface area contributed by atoms with Gasteiger partial charge in [0.25, 0.3) is 0 Å². The van der Waals surface area contributed by atoms with Crippen molar-refractivity contribution in [2.75, 3.05) is 26.4 Å². The van der Waals surface area contributed by atoms with Gasteiger partial charge in [-0.05, 0) is 6.42 Å². The highest BCUT2D eigenvalue weighted by Crippen LogP contribution is 2.34. The zero-order chi connectivity index (χ0) is 15.8. The normalized spacial score (nSPS) is 26.4. The van der Waals surface area contributed by atoms with E-state index in [4.69, 9.17) is 14.6 Å². The minimum atomic E-state index is -0.981. The number of carbonyl (C=O) groups is 1. The van der Waals surface area contributed by atoms with Crippen LogP contribution in [0.5, 0.6) is 0 Å². The topological polar surface area (TPSA) is 96.2 Å². The van der Waals surface area contributed by atoms with Gasteiger partial charge in [0.1, 0.15) is 0 Å². The summed E-state index contributed by atoms with van der Waals surface area (Å²) in [6.45, 7) is 9.86. The largest absolute Gasteiger partial charge is 0.478 e. The predicted molar refractivity (Wildman–Crippen MR) is 74.2 cm³/mol. The van der Waals surface area contributed by atoms with Crippen LogP contribution >= 0.6 is 0 Å². The molecule has 1 aliphatic rings. The van der Waals surface area contributed by atoms with Gasteiger partial charge in [-0.2, -0.15) is 0 Å². The van der Waals surface area contributed by atoms with Crippen LogP contribution in [0.15, 0.2) is 12.7 Å². The van der Waals surface area contributed by atoms with E-state index >= 15 is 0 Å². The van der Waals surface area contributed by atoms with Gasteiger partial charge in [0, 0.05) is 16.9 Å². The zero-order valence-electron chi connectivity index (χ0n) is 12.5. The van der Waals surface area contributed by atoms with Crippen molar-refractivity contribution < 1.29 is 29.6 Å². The molecule has 1 heterocycles. The summed E-state index contributed by atoms with van der Waals surface area (Å²) >= 11 is 0. The number of carboxylic acid groups (broad SMARTS) is 1. The maximum absolute atomic E-state index is 9.28. The van der Waals surface area contributed by atoms with Crippen molar-refractivity contribution in [1.82, 2.24) is 0 Å². The smallest absolute Gasteiger partial charge is 0.327 e. The van der Waals surface area contributed by atoms with Crippen LogP contribution in [0.2, 0.25) is 0 Å². The average molecular weight is 290 g/mol. The van der Waals surface area contributed by atoms with E-state index in [1.165, 1.54) is 0 Å². The Morgan fingerprint density at radius 1 is 1.40 bits per heavy atom. The van der Waals surface area contributed by atoms with Crippen molar-refractivity contribution in [2.45, 2.75) is 33.5 Å². The molecular formula is C14H26O6. The van der Waals surface area contributed by atoms with Gasteiger partial charge < -0.3 is 24.8 Å². The molecule has 0 unspecified atom stereocenters. The predicted octanol–water partition coefficient (Wildman–Crippen LogP) is 1.02. The lowest BCUT2D eigenvalue weighted by Crippen LogP contribution is -2.49. The van der Waals surface area contributed by atoms with Gasteiger partial charge >= 0.3 is 5.97 Å². The number of aliphatic carboxylic acids is 1. The molecule has 1 aliphatic heterocycles. The highest BCUT2D eigenvalue weighted by molar-refractivity contribution is 5.78. The summed E-state index contributed by atoms with van der Waals surface area (Å²) in [4.78, 5) is 9.25. The molecule has 3 N–H and O–H groups in total. The van der Waals surface area contributed by atoms with Crippen LogP contribution in [0, 0.1) is 10.8 Å². The number of ether oxygens (including phenoxy) is 2. The molecule has 0 aromatic rings. The maximum atomic E-state index is 9.28. The Bertz CT molecular complexity index is 299. The Balaban J connectivity index is 0.000000621. The fourth-order valence-corrected chi connectivity index (χ4v) is 1.53. The molecule has 0 atom stereocenters. The first-order valence-electron chi connectivity index (χ1n) is 6.57. The lowest BCUT2D eigenvalue weighted by atomic mass is 9.86. The monoisotopic (exact) mass is 290 g/mol. The van der Waals surface area contributed by atoms with Crippen LogP contribution in [-0.4, -0.2) is 54.0 Å². The number of aliphatic hydroxyl groups is 2.